The number of nitrogen functional groups attached to an aromatic ring is 1. The minimum Gasteiger partial charge on any atom is -0.398 e. The second-order valence-corrected chi connectivity index (χ2v) is 5.57. The maximum atomic E-state index is 6.02. The minimum absolute atomic E-state index is 0.535. The van der Waals surface area contributed by atoms with Gasteiger partial charge in [0.2, 0.25) is 0 Å². The van der Waals surface area contributed by atoms with Gasteiger partial charge in [0.1, 0.15) is 4.83 Å². The first-order valence-corrected chi connectivity index (χ1v) is 6.87. The number of rotatable bonds is 1. The Morgan fingerprint density at radius 3 is 2.67 bits per heavy atom. The quantitative estimate of drug-likeness (QED) is 0.696. The van der Waals surface area contributed by atoms with Gasteiger partial charge in [0, 0.05) is 22.5 Å². The first-order chi connectivity index (χ1) is 8.65. The van der Waals surface area contributed by atoms with E-state index >= 15 is 0 Å². The molecule has 2 N–H and O–H groups in total. The number of nitrogens with two attached hydrogens (primary N) is 1. The second kappa shape index (κ2) is 4.43. The van der Waals surface area contributed by atoms with Crippen LogP contribution in [0.2, 0.25) is 10.0 Å². The first-order valence-electron chi connectivity index (χ1n) is 5.23. The third-order valence-electron chi connectivity index (χ3n) is 2.71. The molecule has 0 aliphatic carbocycles. The van der Waals surface area contributed by atoms with Crippen molar-refractivity contribution in [3.63, 3.8) is 0 Å². The number of nitrogens with zero attached hydrogens (tertiary/aromatic N) is 1. The molecule has 0 atom stereocenters. The molecule has 0 radical (unpaired) electrons. The summed E-state index contributed by atoms with van der Waals surface area (Å²) >= 11 is 13.5. The van der Waals surface area contributed by atoms with Gasteiger partial charge < -0.3 is 5.73 Å². The second-order valence-electron chi connectivity index (χ2n) is 3.90. The Morgan fingerprint density at radius 1 is 1.06 bits per heavy atom. The molecule has 0 aliphatic rings. The number of hydrogen-bond donors (Lipinski definition) is 1. The van der Waals surface area contributed by atoms with Gasteiger partial charge in [-0.15, -0.1) is 11.3 Å². The number of thiophene rings is 1. The van der Waals surface area contributed by atoms with Crippen LogP contribution in [0.1, 0.15) is 0 Å². The molecule has 0 amide bonds. The fourth-order valence-corrected chi connectivity index (χ4v) is 2.85. The predicted molar refractivity (Wildman–Crippen MR) is 79.5 cm³/mol. The molecule has 3 aromatic rings. The van der Waals surface area contributed by atoms with Crippen molar-refractivity contribution in [2.45, 2.75) is 0 Å². The van der Waals surface area contributed by atoms with E-state index < -0.39 is 0 Å². The zero-order valence-electron chi connectivity index (χ0n) is 9.15. The lowest BCUT2D eigenvalue weighted by atomic mass is 10.1. The number of pyridine rings is 1. The number of benzene rings is 1. The minimum atomic E-state index is 0.535. The molecule has 3 rings (SSSR count). The van der Waals surface area contributed by atoms with Gasteiger partial charge in [0.05, 0.1) is 15.7 Å². The van der Waals surface area contributed by atoms with E-state index in [9.17, 15) is 0 Å². The number of hydrogen-bond acceptors (Lipinski definition) is 3. The van der Waals surface area contributed by atoms with Crippen molar-refractivity contribution in [2.24, 2.45) is 0 Å². The molecule has 0 saturated heterocycles. The van der Waals surface area contributed by atoms with Crippen LogP contribution in [0.4, 0.5) is 5.69 Å². The Hall–Kier alpha value is -1.29. The third-order valence-corrected chi connectivity index (χ3v) is 4.37. The van der Waals surface area contributed by atoms with Crippen LogP contribution in [0.5, 0.6) is 0 Å². The van der Waals surface area contributed by atoms with E-state index in [4.69, 9.17) is 28.9 Å². The maximum Gasteiger partial charge on any atom is 0.125 e. The van der Waals surface area contributed by atoms with Crippen LogP contribution in [-0.4, -0.2) is 4.98 Å². The molecule has 18 heavy (non-hydrogen) atoms. The lowest BCUT2D eigenvalue weighted by molar-refractivity contribution is 1.44. The number of fused-ring (bicyclic) bond motifs is 1. The standard InChI is InChI=1S/C13H8Cl2N2S/c14-10-2-1-7(4-11(10)15)8-3-9-12(16)6-18-13(9)17-5-8/h1-6H,16H2. The summed E-state index contributed by atoms with van der Waals surface area (Å²) in [6, 6.07) is 7.54. The Labute approximate surface area is 118 Å². The molecule has 2 nitrogen and oxygen atoms in total. The summed E-state index contributed by atoms with van der Waals surface area (Å²) < 4.78 is 0. The Morgan fingerprint density at radius 2 is 1.89 bits per heavy atom. The van der Waals surface area contributed by atoms with Crippen LogP contribution in [-0.2, 0) is 0 Å². The summed E-state index contributed by atoms with van der Waals surface area (Å²) in [5, 5.41) is 3.96. The number of halogens is 2. The molecule has 0 saturated carbocycles. The van der Waals surface area contributed by atoms with Gasteiger partial charge in [-0.3, -0.25) is 0 Å². The highest BCUT2D eigenvalue weighted by Gasteiger charge is 2.06. The first kappa shape index (κ1) is 11.8. The fraction of sp³-hybridized carbons (Fsp3) is 0. The van der Waals surface area contributed by atoms with Gasteiger partial charge in [0.25, 0.3) is 0 Å². The molecule has 0 spiro atoms. The van der Waals surface area contributed by atoms with Crippen molar-refractivity contribution in [3.05, 3.63) is 45.9 Å². The SMILES string of the molecule is Nc1csc2ncc(-c3ccc(Cl)c(Cl)c3)cc12. The molecule has 1 aromatic carbocycles. The Kier molecular flexibility index (Phi) is 2.90. The van der Waals surface area contributed by atoms with Crippen molar-refractivity contribution >= 4 is 50.4 Å². The molecule has 2 aromatic heterocycles. The fourth-order valence-electron chi connectivity index (χ4n) is 1.77. The molecule has 90 valence electrons. The largest absolute Gasteiger partial charge is 0.398 e. The Bertz CT molecular complexity index is 737. The molecule has 0 bridgehead atoms. The van der Waals surface area contributed by atoms with Crippen molar-refractivity contribution in [2.75, 3.05) is 5.73 Å². The van der Waals surface area contributed by atoms with Gasteiger partial charge in [-0.25, -0.2) is 4.98 Å². The molecule has 0 unspecified atom stereocenters. The summed E-state index contributed by atoms with van der Waals surface area (Å²) in [5.74, 6) is 0. The Balaban J connectivity index is 2.18. The average Bonchev–Trinajstić information content (AvgIpc) is 2.74. The normalized spacial score (nSPS) is 11.0. The van der Waals surface area contributed by atoms with E-state index in [-0.39, 0.29) is 0 Å². The van der Waals surface area contributed by atoms with Crippen molar-refractivity contribution in [1.82, 2.24) is 4.98 Å². The monoisotopic (exact) mass is 294 g/mol. The highest BCUT2D eigenvalue weighted by atomic mass is 35.5. The van der Waals surface area contributed by atoms with E-state index in [2.05, 4.69) is 4.98 Å². The predicted octanol–water partition coefficient (Wildman–Crippen LogP) is 4.85. The summed E-state index contributed by atoms with van der Waals surface area (Å²) in [6.07, 6.45) is 1.82. The van der Waals surface area contributed by atoms with E-state index in [1.807, 2.05) is 29.8 Å². The molecule has 5 heteroatoms. The smallest absolute Gasteiger partial charge is 0.125 e. The van der Waals surface area contributed by atoms with Crippen LogP contribution in [0.25, 0.3) is 21.3 Å². The van der Waals surface area contributed by atoms with E-state index in [0.29, 0.717) is 10.0 Å². The molecule has 0 fully saturated rings. The summed E-state index contributed by atoms with van der Waals surface area (Å²) in [4.78, 5) is 5.33. The summed E-state index contributed by atoms with van der Waals surface area (Å²) in [5.41, 5.74) is 8.61. The van der Waals surface area contributed by atoms with E-state index in [0.717, 1.165) is 27.0 Å². The van der Waals surface area contributed by atoms with Crippen LogP contribution >= 0.6 is 34.5 Å². The molecule has 0 aliphatic heterocycles. The average molecular weight is 295 g/mol. The zero-order chi connectivity index (χ0) is 12.7. The van der Waals surface area contributed by atoms with Crippen molar-refractivity contribution < 1.29 is 0 Å². The van der Waals surface area contributed by atoms with Crippen LogP contribution in [0, 0.1) is 0 Å². The van der Waals surface area contributed by atoms with Gasteiger partial charge >= 0.3 is 0 Å². The highest BCUT2D eigenvalue weighted by Crippen LogP contribution is 2.32. The molecular formula is C13H8Cl2N2S. The highest BCUT2D eigenvalue weighted by molar-refractivity contribution is 7.17. The van der Waals surface area contributed by atoms with Crippen LogP contribution in [0.15, 0.2) is 35.8 Å². The van der Waals surface area contributed by atoms with Crippen molar-refractivity contribution in [3.8, 4) is 11.1 Å². The summed E-state index contributed by atoms with van der Waals surface area (Å²) in [6.45, 7) is 0. The van der Waals surface area contributed by atoms with Gasteiger partial charge in [-0.05, 0) is 23.8 Å². The lowest BCUT2D eigenvalue weighted by Gasteiger charge is -2.03. The molecule has 2 heterocycles. The molecular weight excluding hydrogens is 287 g/mol. The number of anilines is 1. The van der Waals surface area contributed by atoms with Crippen LogP contribution in [0.3, 0.4) is 0 Å². The van der Waals surface area contributed by atoms with Gasteiger partial charge in [-0.1, -0.05) is 29.3 Å². The lowest BCUT2D eigenvalue weighted by Crippen LogP contribution is -1.84. The summed E-state index contributed by atoms with van der Waals surface area (Å²) in [7, 11) is 0. The van der Waals surface area contributed by atoms with E-state index in [1.165, 1.54) is 0 Å². The maximum absolute atomic E-state index is 6.02. The van der Waals surface area contributed by atoms with Crippen molar-refractivity contribution in [1.29, 1.82) is 0 Å². The van der Waals surface area contributed by atoms with Crippen LogP contribution < -0.4 is 5.73 Å². The zero-order valence-corrected chi connectivity index (χ0v) is 11.5. The van der Waals surface area contributed by atoms with Gasteiger partial charge in [0.15, 0.2) is 0 Å². The number of aromatic nitrogens is 1. The van der Waals surface area contributed by atoms with Gasteiger partial charge in [-0.2, -0.15) is 0 Å². The topological polar surface area (TPSA) is 38.9 Å². The third kappa shape index (κ3) is 1.94. The van der Waals surface area contributed by atoms with E-state index in [1.54, 1.807) is 17.4 Å².